The summed E-state index contributed by atoms with van der Waals surface area (Å²) < 4.78 is 5.84. The van der Waals surface area contributed by atoms with Gasteiger partial charge in [0.05, 0.1) is 0 Å². The summed E-state index contributed by atoms with van der Waals surface area (Å²) in [5, 5.41) is 11.3. The summed E-state index contributed by atoms with van der Waals surface area (Å²) in [4.78, 5) is 37.3. The predicted octanol–water partition coefficient (Wildman–Crippen LogP) is 3.97. The monoisotopic (exact) mass is 468 g/mol. The van der Waals surface area contributed by atoms with Crippen LogP contribution >= 0.6 is 0 Å². The van der Waals surface area contributed by atoms with Crippen molar-refractivity contribution in [1.29, 1.82) is 0 Å². The predicted molar refractivity (Wildman–Crippen MR) is 131 cm³/mol. The highest BCUT2D eigenvalue weighted by molar-refractivity contribution is 5.96. The first-order valence-corrected chi connectivity index (χ1v) is 11.9. The van der Waals surface area contributed by atoms with Crippen molar-refractivity contribution >= 4 is 17.8 Å². The Morgan fingerprint density at radius 2 is 1.79 bits per heavy atom. The second-order valence-corrected chi connectivity index (χ2v) is 9.89. The van der Waals surface area contributed by atoms with Crippen LogP contribution in [0.3, 0.4) is 0 Å². The van der Waals surface area contributed by atoms with E-state index in [1.807, 2.05) is 45.0 Å². The highest BCUT2D eigenvalue weighted by Crippen LogP contribution is 2.27. The van der Waals surface area contributed by atoms with Crippen LogP contribution in [-0.4, -0.2) is 36.5 Å². The number of likely N-dealkylation sites (N-methyl/N-ethyl adjacent to an activating group) is 1. The molecule has 1 fully saturated rings. The van der Waals surface area contributed by atoms with Crippen LogP contribution in [0.2, 0.25) is 0 Å². The van der Waals surface area contributed by atoms with Gasteiger partial charge in [-0.25, -0.2) is 4.79 Å². The Bertz CT molecular complexity index is 1000. The minimum absolute atomic E-state index is 0.131. The van der Waals surface area contributed by atoms with Crippen LogP contribution in [0.15, 0.2) is 40.8 Å². The van der Waals surface area contributed by atoms with Gasteiger partial charge in [0.1, 0.15) is 11.8 Å². The Labute approximate surface area is 201 Å². The Morgan fingerprint density at radius 1 is 1.06 bits per heavy atom. The zero-order valence-electron chi connectivity index (χ0n) is 20.5. The molecule has 8 heteroatoms. The van der Waals surface area contributed by atoms with E-state index >= 15 is 0 Å². The largest absolute Gasteiger partial charge is 0.451 e. The van der Waals surface area contributed by atoms with Crippen molar-refractivity contribution in [2.75, 3.05) is 7.05 Å². The van der Waals surface area contributed by atoms with Gasteiger partial charge in [-0.1, -0.05) is 37.5 Å². The molecule has 0 spiro atoms. The Hall–Kier alpha value is -3.29. The number of carbonyl (C=O) groups excluding carboxylic acids is 3. The molecule has 0 radical (unpaired) electrons. The lowest BCUT2D eigenvalue weighted by atomic mass is 9.83. The second kappa shape index (κ2) is 11.2. The van der Waals surface area contributed by atoms with E-state index in [-0.39, 0.29) is 29.2 Å². The van der Waals surface area contributed by atoms with Crippen molar-refractivity contribution in [3.05, 3.63) is 47.7 Å². The number of hydrogen-bond acceptors (Lipinski definition) is 4. The van der Waals surface area contributed by atoms with E-state index in [0.29, 0.717) is 12.3 Å². The lowest BCUT2D eigenvalue weighted by Crippen LogP contribution is -2.50. The van der Waals surface area contributed by atoms with Crippen LogP contribution in [0.1, 0.15) is 69.0 Å². The van der Waals surface area contributed by atoms with Gasteiger partial charge < -0.3 is 25.7 Å². The van der Waals surface area contributed by atoms with Crippen LogP contribution in [0.4, 0.5) is 4.79 Å². The maximum atomic E-state index is 12.9. The molecule has 0 bridgehead atoms. The molecule has 1 atom stereocenters. The molecule has 1 aliphatic rings. The fraction of sp³-hybridized carbons (Fsp3) is 0.500. The van der Waals surface area contributed by atoms with Gasteiger partial charge in [0, 0.05) is 24.7 Å². The second-order valence-electron chi connectivity index (χ2n) is 9.89. The summed E-state index contributed by atoms with van der Waals surface area (Å²) in [5.41, 5.74) is 1.39. The summed E-state index contributed by atoms with van der Waals surface area (Å²) >= 11 is 0. The Kier molecular flexibility index (Phi) is 8.36. The van der Waals surface area contributed by atoms with Gasteiger partial charge in [0.25, 0.3) is 5.91 Å². The number of benzene rings is 1. The first-order valence-electron chi connectivity index (χ1n) is 11.9. The molecular formula is C26H36N4O4. The van der Waals surface area contributed by atoms with Gasteiger partial charge in [0.15, 0.2) is 5.76 Å². The smallest absolute Gasteiger partial charge is 0.315 e. The Balaban J connectivity index is 1.66. The van der Waals surface area contributed by atoms with E-state index in [9.17, 15) is 14.4 Å². The topological polar surface area (TPSA) is 112 Å². The molecule has 34 heavy (non-hydrogen) atoms. The lowest BCUT2D eigenvalue weighted by molar-refractivity contribution is -0.124. The van der Waals surface area contributed by atoms with E-state index < -0.39 is 11.9 Å². The maximum absolute atomic E-state index is 12.9. The maximum Gasteiger partial charge on any atom is 0.315 e. The molecule has 3 rings (SSSR count). The molecule has 4 N–H and O–H groups in total. The summed E-state index contributed by atoms with van der Waals surface area (Å²) in [6.07, 6.45) is 5.17. The van der Waals surface area contributed by atoms with Crippen LogP contribution < -0.4 is 21.3 Å². The van der Waals surface area contributed by atoms with Crippen molar-refractivity contribution in [3.8, 4) is 11.3 Å². The minimum Gasteiger partial charge on any atom is -0.451 e. The number of rotatable bonds is 7. The summed E-state index contributed by atoms with van der Waals surface area (Å²) in [6, 6.07) is 10.1. The van der Waals surface area contributed by atoms with Crippen molar-refractivity contribution in [1.82, 2.24) is 21.3 Å². The van der Waals surface area contributed by atoms with E-state index in [1.54, 1.807) is 19.2 Å². The molecule has 0 saturated heterocycles. The van der Waals surface area contributed by atoms with E-state index in [0.717, 1.165) is 36.8 Å². The number of hydrogen-bond donors (Lipinski definition) is 4. The van der Waals surface area contributed by atoms with Gasteiger partial charge in [-0.3, -0.25) is 9.59 Å². The van der Waals surface area contributed by atoms with Gasteiger partial charge >= 0.3 is 6.03 Å². The highest BCUT2D eigenvalue weighted by Gasteiger charge is 2.31. The van der Waals surface area contributed by atoms with E-state index in [4.69, 9.17) is 4.42 Å². The third-order valence-corrected chi connectivity index (χ3v) is 5.92. The molecule has 8 nitrogen and oxygen atoms in total. The van der Waals surface area contributed by atoms with Crippen LogP contribution in [0.25, 0.3) is 11.3 Å². The number of urea groups is 1. The number of amides is 4. The van der Waals surface area contributed by atoms with Gasteiger partial charge in [0.2, 0.25) is 5.91 Å². The molecule has 1 aromatic carbocycles. The minimum atomic E-state index is -0.569. The van der Waals surface area contributed by atoms with Gasteiger partial charge in [-0.05, 0) is 63.3 Å². The third-order valence-electron chi connectivity index (χ3n) is 5.92. The van der Waals surface area contributed by atoms with Crippen molar-refractivity contribution in [2.24, 2.45) is 5.92 Å². The Morgan fingerprint density at radius 3 is 2.47 bits per heavy atom. The van der Waals surface area contributed by atoms with Crippen LogP contribution in [0, 0.1) is 5.92 Å². The lowest BCUT2D eigenvalue weighted by Gasteiger charge is -2.29. The molecule has 1 saturated carbocycles. The molecule has 1 unspecified atom stereocenters. The normalized spacial score (nSPS) is 15.3. The fourth-order valence-electron chi connectivity index (χ4n) is 4.25. The van der Waals surface area contributed by atoms with E-state index in [2.05, 4.69) is 21.3 Å². The highest BCUT2D eigenvalue weighted by atomic mass is 16.4. The SMILES string of the molecule is CNC(=O)C(NC(=O)c1ccc(-c2cccc(CNC(=O)NC(C)(C)C)c2)o1)C1CCCCC1. The molecule has 4 amide bonds. The average Bonchev–Trinajstić information content (AvgIpc) is 3.31. The fourth-order valence-corrected chi connectivity index (χ4v) is 4.25. The molecule has 1 aliphatic carbocycles. The standard InChI is InChI=1S/C26H36N4O4/c1-26(2,3)30-25(33)28-16-17-9-8-12-19(15-17)20-13-14-21(34-20)23(31)29-22(24(32)27-4)18-10-6-5-7-11-18/h8-9,12-15,18,22H,5-7,10-11,16H2,1-4H3,(H,27,32)(H,29,31)(H2,28,30,33). The summed E-state index contributed by atoms with van der Waals surface area (Å²) in [5.74, 6) is 0.254. The quantitative estimate of drug-likeness (QED) is 0.492. The zero-order chi connectivity index (χ0) is 24.7. The molecule has 184 valence electrons. The van der Waals surface area contributed by atoms with Gasteiger partial charge in [-0.15, -0.1) is 0 Å². The zero-order valence-corrected chi connectivity index (χ0v) is 20.5. The first kappa shape index (κ1) is 25.3. The van der Waals surface area contributed by atoms with Crippen LogP contribution in [-0.2, 0) is 11.3 Å². The number of nitrogens with one attached hydrogen (secondary N) is 4. The van der Waals surface area contributed by atoms with E-state index in [1.165, 1.54) is 6.42 Å². The average molecular weight is 469 g/mol. The summed E-state index contributed by atoms with van der Waals surface area (Å²) in [7, 11) is 1.59. The molecular weight excluding hydrogens is 432 g/mol. The van der Waals surface area contributed by atoms with Crippen molar-refractivity contribution in [3.63, 3.8) is 0 Å². The third kappa shape index (κ3) is 7.10. The number of carbonyl (C=O) groups is 3. The number of furan rings is 1. The molecule has 2 aromatic rings. The van der Waals surface area contributed by atoms with Crippen LogP contribution in [0.5, 0.6) is 0 Å². The molecule has 1 heterocycles. The molecule has 0 aliphatic heterocycles. The van der Waals surface area contributed by atoms with Gasteiger partial charge in [-0.2, -0.15) is 0 Å². The summed E-state index contributed by atoms with van der Waals surface area (Å²) in [6.45, 7) is 6.12. The van der Waals surface area contributed by atoms with Crippen molar-refractivity contribution < 1.29 is 18.8 Å². The first-order chi connectivity index (χ1) is 16.2. The molecule has 1 aromatic heterocycles. The van der Waals surface area contributed by atoms with Crippen molar-refractivity contribution in [2.45, 2.75) is 71.0 Å².